The number of halogens is 1. The summed E-state index contributed by atoms with van der Waals surface area (Å²) in [4.78, 5) is 14.4. The van der Waals surface area contributed by atoms with Crippen molar-refractivity contribution in [1.82, 2.24) is 9.62 Å². The van der Waals surface area contributed by atoms with Gasteiger partial charge in [0.2, 0.25) is 15.9 Å². The Bertz CT molecular complexity index is 737. The number of carbonyl (C=O) groups is 1. The lowest BCUT2D eigenvalue weighted by Gasteiger charge is -2.32. The highest BCUT2D eigenvalue weighted by molar-refractivity contribution is 7.90. The van der Waals surface area contributed by atoms with Crippen molar-refractivity contribution in [3.05, 3.63) is 28.8 Å². The number of amides is 1. The van der Waals surface area contributed by atoms with Crippen LogP contribution in [0.15, 0.2) is 18.2 Å². The van der Waals surface area contributed by atoms with Gasteiger partial charge in [0, 0.05) is 23.8 Å². The maximum atomic E-state index is 12.3. The number of piperidine rings is 1. The van der Waals surface area contributed by atoms with Gasteiger partial charge in [-0.3, -0.25) is 9.69 Å². The average molecular weight is 402 g/mol. The van der Waals surface area contributed by atoms with Crippen LogP contribution in [0.5, 0.6) is 0 Å². The molecular weight excluding hydrogens is 374 g/mol. The molecule has 0 saturated carbocycles. The van der Waals surface area contributed by atoms with E-state index in [1.54, 1.807) is 19.9 Å². The fraction of sp³-hybridized carbons (Fsp3) is 0.611. The minimum Gasteiger partial charge on any atom is -0.325 e. The van der Waals surface area contributed by atoms with Crippen LogP contribution in [-0.4, -0.2) is 50.7 Å². The zero-order valence-corrected chi connectivity index (χ0v) is 17.2. The maximum absolute atomic E-state index is 12.3. The molecule has 1 aromatic rings. The number of carbonyl (C=O) groups excluding carboxylic acids is 1. The highest BCUT2D eigenvalue weighted by Gasteiger charge is 2.24. The molecule has 0 aromatic heterocycles. The highest BCUT2D eigenvalue weighted by Crippen LogP contribution is 2.23. The second-order valence-electron chi connectivity index (χ2n) is 7.15. The van der Waals surface area contributed by atoms with Crippen molar-refractivity contribution in [3.63, 3.8) is 0 Å². The fourth-order valence-corrected chi connectivity index (χ4v) is 3.97. The molecule has 1 atom stereocenters. The van der Waals surface area contributed by atoms with E-state index in [2.05, 4.69) is 14.9 Å². The number of hydrogen-bond acceptors (Lipinski definition) is 4. The van der Waals surface area contributed by atoms with Crippen LogP contribution in [0, 0.1) is 12.8 Å². The molecular formula is C18H28ClN3O3S. The summed E-state index contributed by atoms with van der Waals surface area (Å²) in [6, 6.07) is 5.43. The maximum Gasteiger partial charge on any atom is 0.238 e. The van der Waals surface area contributed by atoms with E-state index >= 15 is 0 Å². The van der Waals surface area contributed by atoms with Crippen LogP contribution in [0.25, 0.3) is 0 Å². The van der Waals surface area contributed by atoms with Crippen molar-refractivity contribution in [2.24, 2.45) is 5.92 Å². The first-order chi connectivity index (χ1) is 12.2. The second kappa shape index (κ2) is 9.17. The predicted octanol–water partition coefficient (Wildman–Crippen LogP) is 2.63. The molecule has 1 heterocycles. The molecule has 1 amide bonds. The summed E-state index contributed by atoms with van der Waals surface area (Å²) in [5.41, 5.74) is 1.57. The van der Waals surface area contributed by atoms with E-state index in [1.165, 1.54) is 0 Å². The van der Waals surface area contributed by atoms with Crippen LogP contribution in [-0.2, 0) is 14.8 Å². The summed E-state index contributed by atoms with van der Waals surface area (Å²) in [5, 5.41) is 3.09. The smallest absolute Gasteiger partial charge is 0.238 e. The number of likely N-dealkylation sites (tertiary alicyclic amines) is 1. The van der Waals surface area contributed by atoms with Gasteiger partial charge in [0.25, 0.3) is 0 Å². The molecule has 0 aliphatic carbocycles. The minimum atomic E-state index is -3.25. The number of sulfonamides is 1. The lowest BCUT2D eigenvalue weighted by atomic mass is 9.98. The molecule has 1 aliphatic heterocycles. The minimum absolute atomic E-state index is 0.0845. The summed E-state index contributed by atoms with van der Waals surface area (Å²) in [5.74, 6) is 0.136. The van der Waals surface area contributed by atoms with Crippen molar-refractivity contribution in [2.45, 2.75) is 38.9 Å². The average Bonchev–Trinajstić information content (AvgIpc) is 2.57. The Morgan fingerprint density at radius 3 is 2.81 bits per heavy atom. The van der Waals surface area contributed by atoms with Crippen molar-refractivity contribution >= 4 is 33.2 Å². The van der Waals surface area contributed by atoms with Gasteiger partial charge in [0.05, 0.1) is 11.8 Å². The molecule has 1 aliphatic rings. The van der Waals surface area contributed by atoms with Gasteiger partial charge in [0.15, 0.2) is 0 Å². The van der Waals surface area contributed by atoms with Crippen LogP contribution in [0.4, 0.5) is 5.69 Å². The largest absolute Gasteiger partial charge is 0.325 e. The summed E-state index contributed by atoms with van der Waals surface area (Å²) in [6.07, 6.45) is 1.92. The molecule has 0 spiro atoms. The number of benzene rings is 1. The molecule has 8 heteroatoms. The molecule has 6 nitrogen and oxygen atoms in total. The van der Waals surface area contributed by atoms with E-state index in [9.17, 15) is 13.2 Å². The Morgan fingerprint density at radius 1 is 1.38 bits per heavy atom. The lowest BCUT2D eigenvalue weighted by Crippen LogP contribution is -2.44. The fourth-order valence-electron chi connectivity index (χ4n) is 3.00. The monoisotopic (exact) mass is 401 g/mol. The number of rotatable bonds is 7. The van der Waals surface area contributed by atoms with E-state index in [0.717, 1.165) is 30.6 Å². The quantitative estimate of drug-likeness (QED) is 0.736. The Kier molecular flexibility index (Phi) is 7.46. The normalized spacial score (nSPS) is 18.9. The van der Waals surface area contributed by atoms with Gasteiger partial charge in [-0.2, -0.15) is 0 Å². The third-order valence-corrected chi connectivity index (χ3v) is 6.93. The first-order valence-electron chi connectivity index (χ1n) is 8.95. The molecule has 2 rings (SSSR count). The van der Waals surface area contributed by atoms with E-state index in [0.29, 0.717) is 24.7 Å². The molecule has 0 bridgehead atoms. The number of hydrogen-bond donors (Lipinski definition) is 2. The Hall–Kier alpha value is -1.15. The number of anilines is 1. The summed E-state index contributed by atoms with van der Waals surface area (Å²) in [7, 11) is -3.25. The third-order valence-electron chi connectivity index (χ3n) is 4.71. The molecule has 1 fully saturated rings. The highest BCUT2D eigenvalue weighted by atomic mass is 35.5. The second-order valence-corrected chi connectivity index (χ2v) is 9.87. The van der Waals surface area contributed by atoms with Crippen LogP contribution in [0.2, 0.25) is 5.02 Å². The first-order valence-corrected chi connectivity index (χ1v) is 10.9. The molecule has 1 aromatic carbocycles. The van der Waals surface area contributed by atoms with E-state index < -0.39 is 15.3 Å². The van der Waals surface area contributed by atoms with Gasteiger partial charge < -0.3 is 5.32 Å². The van der Waals surface area contributed by atoms with Gasteiger partial charge in [0.1, 0.15) is 0 Å². The van der Waals surface area contributed by atoms with Crippen LogP contribution < -0.4 is 10.0 Å². The topological polar surface area (TPSA) is 78.5 Å². The zero-order chi connectivity index (χ0) is 19.3. The Labute approximate surface area is 161 Å². The number of nitrogens with zero attached hydrogens (tertiary/aromatic N) is 1. The summed E-state index contributed by atoms with van der Waals surface area (Å²) >= 11 is 6.08. The van der Waals surface area contributed by atoms with Gasteiger partial charge >= 0.3 is 0 Å². The van der Waals surface area contributed by atoms with Gasteiger partial charge in [-0.15, -0.1) is 0 Å². The van der Waals surface area contributed by atoms with Gasteiger partial charge in [-0.25, -0.2) is 13.1 Å². The predicted molar refractivity (Wildman–Crippen MR) is 106 cm³/mol. The standard InChI is InChI=1S/C18H28ClN3O3S/c1-13(2)26(24,25)20-10-15-6-5-9-22(11-15)12-18(23)21-17-8-4-7-16(19)14(17)3/h4,7-8,13,15,20H,5-6,9-12H2,1-3H3,(H,21,23)/t15-/m0/s1. The molecule has 26 heavy (non-hydrogen) atoms. The number of nitrogens with one attached hydrogen (secondary N) is 2. The SMILES string of the molecule is Cc1c(Cl)cccc1NC(=O)CN1CCC[C@@H](CNS(=O)(=O)C(C)C)C1. The van der Waals surface area contributed by atoms with Crippen molar-refractivity contribution in [1.29, 1.82) is 0 Å². The van der Waals surface area contributed by atoms with Gasteiger partial charge in [-0.05, 0) is 63.8 Å². The van der Waals surface area contributed by atoms with E-state index in [4.69, 9.17) is 11.6 Å². The van der Waals surface area contributed by atoms with E-state index in [1.807, 2.05) is 19.1 Å². The van der Waals surface area contributed by atoms with Crippen LogP contribution in [0.3, 0.4) is 0 Å². The third kappa shape index (κ3) is 5.94. The molecule has 146 valence electrons. The van der Waals surface area contributed by atoms with Crippen molar-refractivity contribution in [2.75, 3.05) is 31.5 Å². The van der Waals surface area contributed by atoms with Crippen molar-refractivity contribution < 1.29 is 13.2 Å². The Morgan fingerprint density at radius 2 is 2.12 bits per heavy atom. The molecule has 2 N–H and O–H groups in total. The Balaban J connectivity index is 1.85. The molecule has 0 unspecified atom stereocenters. The van der Waals surface area contributed by atoms with E-state index in [-0.39, 0.29) is 11.8 Å². The molecule has 1 saturated heterocycles. The van der Waals surface area contributed by atoms with Crippen LogP contribution in [0.1, 0.15) is 32.3 Å². The lowest BCUT2D eigenvalue weighted by molar-refractivity contribution is -0.117. The van der Waals surface area contributed by atoms with Crippen LogP contribution >= 0.6 is 11.6 Å². The molecule has 0 radical (unpaired) electrons. The van der Waals surface area contributed by atoms with Gasteiger partial charge in [-0.1, -0.05) is 17.7 Å². The summed E-state index contributed by atoms with van der Waals surface area (Å²) < 4.78 is 26.5. The van der Waals surface area contributed by atoms with Crippen molar-refractivity contribution in [3.8, 4) is 0 Å². The first kappa shape index (κ1) is 21.2. The summed E-state index contributed by atoms with van der Waals surface area (Å²) in [6.45, 7) is 7.47. The zero-order valence-electron chi connectivity index (χ0n) is 15.6.